The molecule has 0 aliphatic heterocycles. The molecule has 106 valence electrons. The summed E-state index contributed by atoms with van der Waals surface area (Å²) in [6, 6.07) is 1.95. The van der Waals surface area contributed by atoms with Crippen LogP contribution in [-0.2, 0) is 6.42 Å². The minimum atomic E-state index is -0.0556. The van der Waals surface area contributed by atoms with Crippen LogP contribution in [0.1, 0.15) is 48.9 Å². The summed E-state index contributed by atoms with van der Waals surface area (Å²) < 4.78 is 0. The SMILES string of the molecule is CCc1nnc(C)cc1C(=O)NC(CBr)CC(C)C. The molecule has 0 saturated carbocycles. The van der Waals surface area contributed by atoms with Crippen molar-refractivity contribution in [1.29, 1.82) is 0 Å². The molecule has 0 bridgehead atoms. The van der Waals surface area contributed by atoms with Gasteiger partial charge in [0.15, 0.2) is 0 Å². The molecule has 0 fully saturated rings. The molecular weight excluding hydrogens is 306 g/mol. The normalized spacial score (nSPS) is 12.5. The minimum Gasteiger partial charge on any atom is -0.348 e. The lowest BCUT2D eigenvalue weighted by atomic mass is 10.0. The van der Waals surface area contributed by atoms with Crippen LogP contribution in [0, 0.1) is 12.8 Å². The van der Waals surface area contributed by atoms with E-state index in [1.807, 2.05) is 19.9 Å². The maximum Gasteiger partial charge on any atom is 0.253 e. The highest BCUT2D eigenvalue weighted by molar-refractivity contribution is 9.09. The number of alkyl halides is 1. The lowest BCUT2D eigenvalue weighted by Crippen LogP contribution is -2.37. The molecule has 1 amide bonds. The Labute approximate surface area is 123 Å². The van der Waals surface area contributed by atoms with E-state index in [0.717, 1.165) is 23.1 Å². The van der Waals surface area contributed by atoms with E-state index in [0.29, 0.717) is 17.9 Å². The minimum absolute atomic E-state index is 0.0556. The molecule has 5 heteroatoms. The molecule has 1 unspecified atom stereocenters. The Balaban J connectivity index is 2.84. The van der Waals surface area contributed by atoms with Crippen LogP contribution in [0.3, 0.4) is 0 Å². The second kappa shape index (κ2) is 7.58. The van der Waals surface area contributed by atoms with E-state index in [2.05, 4.69) is 45.3 Å². The fourth-order valence-electron chi connectivity index (χ4n) is 1.96. The number of aryl methyl sites for hydroxylation is 2. The van der Waals surface area contributed by atoms with E-state index in [1.54, 1.807) is 0 Å². The largest absolute Gasteiger partial charge is 0.348 e. The van der Waals surface area contributed by atoms with Gasteiger partial charge >= 0.3 is 0 Å². The third-order valence-electron chi connectivity index (χ3n) is 2.85. The van der Waals surface area contributed by atoms with E-state index in [-0.39, 0.29) is 11.9 Å². The standard InChI is InChI=1S/C14H22BrN3O/c1-5-13-12(7-10(4)17-18-13)14(19)16-11(8-15)6-9(2)3/h7,9,11H,5-6,8H2,1-4H3,(H,16,19). The van der Waals surface area contributed by atoms with Crippen molar-refractivity contribution in [2.75, 3.05) is 5.33 Å². The van der Waals surface area contributed by atoms with Gasteiger partial charge in [-0.15, -0.1) is 0 Å². The monoisotopic (exact) mass is 327 g/mol. The molecule has 1 atom stereocenters. The maximum absolute atomic E-state index is 12.3. The van der Waals surface area contributed by atoms with E-state index in [9.17, 15) is 4.79 Å². The average Bonchev–Trinajstić information content (AvgIpc) is 2.37. The van der Waals surface area contributed by atoms with Gasteiger partial charge in [0.25, 0.3) is 5.91 Å². The second-order valence-electron chi connectivity index (χ2n) is 5.15. The van der Waals surface area contributed by atoms with Crippen LogP contribution in [0.4, 0.5) is 0 Å². The number of carbonyl (C=O) groups excluding carboxylic acids is 1. The van der Waals surface area contributed by atoms with E-state index >= 15 is 0 Å². The van der Waals surface area contributed by atoms with Crippen LogP contribution in [0.5, 0.6) is 0 Å². The first kappa shape index (κ1) is 16.1. The molecule has 1 aromatic heterocycles. The first-order valence-electron chi connectivity index (χ1n) is 6.67. The molecule has 0 radical (unpaired) electrons. The predicted molar refractivity (Wildman–Crippen MR) is 80.7 cm³/mol. The Hall–Kier alpha value is -0.970. The summed E-state index contributed by atoms with van der Waals surface area (Å²) in [6.07, 6.45) is 1.66. The molecule has 19 heavy (non-hydrogen) atoms. The highest BCUT2D eigenvalue weighted by atomic mass is 79.9. The topological polar surface area (TPSA) is 54.9 Å². The van der Waals surface area contributed by atoms with Crippen molar-refractivity contribution < 1.29 is 4.79 Å². The molecule has 1 N–H and O–H groups in total. The number of carbonyl (C=O) groups is 1. The van der Waals surface area contributed by atoms with Crippen molar-refractivity contribution in [2.45, 2.75) is 46.6 Å². The molecule has 4 nitrogen and oxygen atoms in total. The van der Waals surface area contributed by atoms with Gasteiger partial charge in [0.05, 0.1) is 17.0 Å². The van der Waals surface area contributed by atoms with Crippen LogP contribution in [0.2, 0.25) is 0 Å². The van der Waals surface area contributed by atoms with Crippen molar-refractivity contribution in [3.05, 3.63) is 23.0 Å². The van der Waals surface area contributed by atoms with Crippen LogP contribution in [0.15, 0.2) is 6.07 Å². The van der Waals surface area contributed by atoms with Gasteiger partial charge in [-0.25, -0.2) is 0 Å². The molecule has 0 aliphatic rings. The lowest BCUT2D eigenvalue weighted by molar-refractivity contribution is 0.0935. The molecule has 0 saturated heterocycles. The summed E-state index contributed by atoms with van der Waals surface area (Å²) in [6.45, 7) is 8.13. The van der Waals surface area contributed by atoms with Crippen molar-refractivity contribution in [3.8, 4) is 0 Å². The number of nitrogens with zero attached hydrogens (tertiary/aromatic N) is 2. The predicted octanol–water partition coefficient (Wildman–Crippen LogP) is 2.89. The van der Waals surface area contributed by atoms with Gasteiger partial charge in [-0.2, -0.15) is 10.2 Å². The first-order chi connectivity index (χ1) is 8.97. The summed E-state index contributed by atoms with van der Waals surface area (Å²) >= 11 is 3.45. The Morgan fingerprint density at radius 2 is 2.11 bits per heavy atom. The maximum atomic E-state index is 12.3. The van der Waals surface area contributed by atoms with Gasteiger partial charge < -0.3 is 5.32 Å². The lowest BCUT2D eigenvalue weighted by Gasteiger charge is -2.19. The molecule has 0 aliphatic carbocycles. The van der Waals surface area contributed by atoms with Gasteiger partial charge in [0.2, 0.25) is 0 Å². The summed E-state index contributed by atoms with van der Waals surface area (Å²) in [7, 11) is 0. The van der Waals surface area contributed by atoms with Crippen molar-refractivity contribution >= 4 is 21.8 Å². The zero-order valence-corrected chi connectivity index (χ0v) is 13.6. The molecule has 0 spiro atoms. The smallest absolute Gasteiger partial charge is 0.253 e. The number of aromatic nitrogens is 2. The molecule has 1 aromatic rings. The van der Waals surface area contributed by atoms with Gasteiger partial charge in [0.1, 0.15) is 0 Å². The zero-order chi connectivity index (χ0) is 14.4. The third-order valence-corrected chi connectivity index (χ3v) is 3.63. The number of hydrogen-bond donors (Lipinski definition) is 1. The van der Waals surface area contributed by atoms with Gasteiger partial charge in [-0.3, -0.25) is 4.79 Å². The van der Waals surface area contributed by atoms with Crippen molar-refractivity contribution in [3.63, 3.8) is 0 Å². The summed E-state index contributed by atoms with van der Waals surface area (Å²) in [5.74, 6) is 0.491. The van der Waals surface area contributed by atoms with Crippen LogP contribution in [-0.4, -0.2) is 27.5 Å². The zero-order valence-electron chi connectivity index (χ0n) is 12.0. The third kappa shape index (κ3) is 4.90. The highest BCUT2D eigenvalue weighted by Gasteiger charge is 2.17. The van der Waals surface area contributed by atoms with E-state index < -0.39 is 0 Å². The van der Waals surface area contributed by atoms with Crippen LogP contribution < -0.4 is 5.32 Å². The Morgan fingerprint density at radius 3 is 2.63 bits per heavy atom. The summed E-state index contributed by atoms with van der Waals surface area (Å²) in [4.78, 5) is 12.3. The second-order valence-corrected chi connectivity index (χ2v) is 5.80. The Bertz CT molecular complexity index is 435. The fourth-order valence-corrected chi connectivity index (χ4v) is 2.39. The fraction of sp³-hybridized carbons (Fsp3) is 0.643. The van der Waals surface area contributed by atoms with Gasteiger partial charge in [0, 0.05) is 11.4 Å². The molecule has 0 aromatic carbocycles. The van der Waals surface area contributed by atoms with Crippen LogP contribution in [0.25, 0.3) is 0 Å². The summed E-state index contributed by atoms with van der Waals surface area (Å²) in [5, 5.41) is 11.9. The number of hydrogen-bond acceptors (Lipinski definition) is 3. The number of nitrogens with one attached hydrogen (secondary N) is 1. The van der Waals surface area contributed by atoms with E-state index in [1.165, 1.54) is 0 Å². The number of rotatable bonds is 6. The van der Waals surface area contributed by atoms with Gasteiger partial charge in [-0.05, 0) is 31.7 Å². The quantitative estimate of drug-likeness (QED) is 0.817. The highest BCUT2D eigenvalue weighted by Crippen LogP contribution is 2.11. The van der Waals surface area contributed by atoms with Gasteiger partial charge in [-0.1, -0.05) is 36.7 Å². The summed E-state index contributed by atoms with van der Waals surface area (Å²) in [5.41, 5.74) is 2.16. The molecule has 1 heterocycles. The van der Waals surface area contributed by atoms with Crippen LogP contribution >= 0.6 is 15.9 Å². The first-order valence-corrected chi connectivity index (χ1v) is 7.80. The number of amides is 1. The van der Waals surface area contributed by atoms with Crippen molar-refractivity contribution in [2.24, 2.45) is 5.92 Å². The van der Waals surface area contributed by atoms with E-state index in [4.69, 9.17) is 0 Å². The van der Waals surface area contributed by atoms with Crippen molar-refractivity contribution in [1.82, 2.24) is 15.5 Å². The average molecular weight is 328 g/mol. The number of halogens is 1. The molecule has 1 rings (SSSR count). The Kier molecular flexibility index (Phi) is 6.42. The Morgan fingerprint density at radius 1 is 1.42 bits per heavy atom. The molecular formula is C14H22BrN3O.